The fourth-order valence-electron chi connectivity index (χ4n) is 2.37. The van der Waals surface area contributed by atoms with Crippen LogP contribution < -0.4 is 5.32 Å². The highest BCUT2D eigenvalue weighted by Crippen LogP contribution is 2.24. The summed E-state index contributed by atoms with van der Waals surface area (Å²) >= 11 is 0. The highest BCUT2D eigenvalue weighted by molar-refractivity contribution is 5.68. The van der Waals surface area contributed by atoms with Crippen molar-refractivity contribution in [3.8, 4) is 0 Å². The third kappa shape index (κ3) is 8.31. The number of amides is 1. The lowest BCUT2D eigenvalue weighted by Crippen LogP contribution is -2.45. The van der Waals surface area contributed by atoms with E-state index in [1.807, 2.05) is 45.9 Å². The minimum Gasteiger partial charge on any atom is -0.444 e. The normalized spacial score (nSPS) is 22.8. The van der Waals surface area contributed by atoms with Crippen molar-refractivity contribution in [2.75, 3.05) is 0 Å². The van der Waals surface area contributed by atoms with Gasteiger partial charge in [0.25, 0.3) is 0 Å². The van der Waals surface area contributed by atoms with E-state index in [1.54, 1.807) is 6.08 Å². The number of ether oxygens (including phenoxy) is 2. The van der Waals surface area contributed by atoms with Gasteiger partial charge in [-0.2, -0.15) is 0 Å². The molecule has 0 bridgehead atoms. The number of aliphatic hydroxyl groups excluding tert-OH is 1. The van der Waals surface area contributed by atoms with Gasteiger partial charge in [0.15, 0.2) is 6.29 Å². The molecule has 0 aromatic heterocycles. The quantitative estimate of drug-likeness (QED) is 0.715. The molecule has 0 radical (unpaired) electrons. The number of alkyl carbamates (subject to hydrolysis) is 1. The van der Waals surface area contributed by atoms with Crippen LogP contribution >= 0.6 is 0 Å². The first-order chi connectivity index (χ1) is 10.7. The third-order valence-electron chi connectivity index (χ3n) is 3.40. The number of carbonyl (C=O) groups is 1. The number of allylic oxidation sites excluding steroid dienone is 4. The summed E-state index contributed by atoms with van der Waals surface area (Å²) in [4.78, 5) is 12.1. The van der Waals surface area contributed by atoms with E-state index in [1.165, 1.54) is 0 Å². The Morgan fingerprint density at radius 1 is 1.46 bits per heavy atom. The van der Waals surface area contributed by atoms with Crippen molar-refractivity contribution < 1.29 is 19.4 Å². The SMILES string of the molecule is C.C=C/C(=C\C=C/C)CC(NC(=O)OC(C)(C)C)C1CCC(O)O1. The lowest BCUT2D eigenvalue weighted by atomic mass is 9.99. The Morgan fingerprint density at radius 2 is 2.12 bits per heavy atom. The molecule has 1 heterocycles. The summed E-state index contributed by atoms with van der Waals surface area (Å²) in [7, 11) is 0. The summed E-state index contributed by atoms with van der Waals surface area (Å²) < 4.78 is 10.8. The molecular formula is C19H33NO4. The van der Waals surface area contributed by atoms with Crippen LogP contribution in [0.2, 0.25) is 0 Å². The smallest absolute Gasteiger partial charge is 0.407 e. The lowest BCUT2D eigenvalue weighted by molar-refractivity contribution is -0.0985. The molecule has 1 aliphatic heterocycles. The molecule has 24 heavy (non-hydrogen) atoms. The summed E-state index contributed by atoms with van der Waals surface area (Å²) in [5.41, 5.74) is 0.418. The van der Waals surface area contributed by atoms with E-state index < -0.39 is 18.0 Å². The third-order valence-corrected chi connectivity index (χ3v) is 3.40. The van der Waals surface area contributed by atoms with Gasteiger partial charge in [0.1, 0.15) is 5.60 Å². The Bertz CT molecular complexity index is 462. The predicted octanol–water partition coefficient (Wildman–Crippen LogP) is 4.09. The molecule has 1 saturated heterocycles. The largest absolute Gasteiger partial charge is 0.444 e. The molecule has 0 spiro atoms. The summed E-state index contributed by atoms with van der Waals surface area (Å²) in [6.45, 7) is 11.2. The van der Waals surface area contributed by atoms with Gasteiger partial charge in [-0.15, -0.1) is 0 Å². The number of hydrogen-bond acceptors (Lipinski definition) is 4. The molecule has 0 aromatic carbocycles. The van der Waals surface area contributed by atoms with Gasteiger partial charge in [-0.05, 0) is 46.1 Å². The zero-order valence-corrected chi connectivity index (χ0v) is 14.5. The maximum atomic E-state index is 12.1. The first-order valence-corrected chi connectivity index (χ1v) is 8.02. The molecule has 1 amide bonds. The van der Waals surface area contributed by atoms with Crippen LogP contribution in [0.1, 0.15) is 54.4 Å². The molecule has 3 unspecified atom stereocenters. The highest BCUT2D eigenvalue weighted by Gasteiger charge is 2.32. The van der Waals surface area contributed by atoms with Crippen LogP contribution in [0.3, 0.4) is 0 Å². The second-order valence-corrected chi connectivity index (χ2v) is 6.63. The zero-order valence-electron chi connectivity index (χ0n) is 14.5. The van der Waals surface area contributed by atoms with Crippen LogP contribution in [0.5, 0.6) is 0 Å². The molecule has 1 aliphatic rings. The van der Waals surface area contributed by atoms with E-state index in [-0.39, 0.29) is 19.6 Å². The van der Waals surface area contributed by atoms with E-state index in [9.17, 15) is 9.90 Å². The first kappa shape index (κ1) is 22.4. The lowest BCUT2D eigenvalue weighted by Gasteiger charge is -2.27. The van der Waals surface area contributed by atoms with Gasteiger partial charge in [-0.1, -0.05) is 38.3 Å². The van der Waals surface area contributed by atoms with E-state index in [2.05, 4.69) is 11.9 Å². The molecule has 0 aromatic rings. The van der Waals surface area contributed by atoms with Crippen LogP contribution in [0, 0.1) is 0 Å². The first-order valence-electron chi connectivity index (χ1n) is 8.02. The maximum Gasteiger partial charge on any atom is 0.407 e. The minimum atomic E-state index is -0.769. The van der Waals surface area contributed by atoms with Gasteiger partial charge < -0.3 is 19.9 Å². The fourth-order valence-corrected chi connectivity index (χ4v) is 2.37. The van der Waals surface area contributed by atoms with Gasteiger partial charge in [0.05, 0.1) is 12.1 Å². The Morgan fingerprint density at radius 3 is 2.58 bits per heavy atom. The fraction of sp³-hybridized carbons (Fsp3) is 0.632. The number of carbonyl (C=O) groups excluding carboxylic acids is 1. The Kier molecular flexibility index (Phi) is 9.63. The number of rotatable bonds is 6. The predicted molar refractivity (Wildman–Crippen MR) is 97.7 cm³/mol. The average molecular weight is 339 g/mol. The van der Waals surface area contributed by atoms with Crippen molar-refractivity contribution in [2.45, 2.75) is 78.4 Å². The molecular weight excluding hydrogens is 306 g/mol. The molecule has 0 aliphatic carbocycles. The number of nitrogens with one attached hydrogen (secondary N) is 1. The standard InChI is InChI=1S/C18H29NO4.CH4/c1-6-8-9-13(7-2)12-14(15-10-11-16(20)22-15)19-17(21)23-18(3,4)5;/h6-9,14-16,20H,2,10-12H2,1,3-5H3,(H,19,21);1H4/b8-6-,13-9+;. The van der Waals surface area contributed by atoms with E-state index in [0.717, 1.165) is 5.57 Å². The van der Waals surface area contributed by atoms with Crippen molar-refractivity contribution in [1.82, 2.24) is 5.32 Å². The van der Waals surface area contributed by atoms with Crippen LogP contribution in [0.25, 0.3) is 0 Å². The summed E-state index contributed by atoms with van der Waals surface area (Å²) in [5, 5.41) is 12.5. The molecule has 1 rings (SSSR count). The van der Waals surface area contributed by atoms with Crippen LogP contribution in [0.15, 0.2) is 36.5 Å². The Labute approximate surface area is 146 Å². The molecule has 138 valence electrons. The van der Waals surface area contributed by atoms with Gasteiger partial charge in [0.2, 0.25) is 0 Å². The second-order valence-electron chi connectivity index (χ2n) is 6.63. The molecule has 2 N–H and O–H groups in total. The van der Waals surface area contributed by atoms with Crippen molar-refractivity contribution in [3.05, 3.63) is 36.5 Å². The van der Waals surface area contributed by atoms with E-state index in [0.29, 0.717) is 19.3 Å². The van der Waals surface area contributed by atoms with Gasteiger partial charge >= 0.3 is 6.09 Å². The molecule has 3 atom stereocenters. The summed E-state index contributed by atoms with van der Waals surface area (Å²) in [5.74, 6) is 0. The Hall–Kier alpha value is -1.59. The molecule has 1 fully saturated rings. The van der Waals surface area contributed by atoms with Crippen molar-refractivity contribution in [3.63, 3.8) is 0 Å². The molecule has 5 heteroatoms. The average Bonchev–Trinajstić information content (AvgIpc) is 2.86. The van der Waals surface area contributed by atoms with Crippen LogP contribution in [-0.4, -0.2) is 35.2 Å². The van der Waals surface area contributed by atoms with Gasteiger partial charge in [-0.3, -0.25) is 0 Å². The Balaban J connectivity index is 0.00000529. The molecule has 5 nitrogen and oxygen atoms in total. The number of hydrogen-bond donors (Lipinski definition) is 2. The highest BCUT2D eigenvalue weighted by atomic mass is 16.6. The van der Waals surface area contributed by atoms with Crippen LogP contribution in [0.4, 0.5) is 4.79 Å². The summed E-state index contributed by atoms with van der Waals surface area (Å²) in [6, 6.07) is -0.281. The summed E-state index contributed by atoms with van der Waals surface area (Å²) in [6.07, 6.45) is 7.88. The van der Waals surface area contributed by atoms with Crippen molar-refractivity contribution in [1.29, 1.82) is 0 Å². The van der Waals surface area contributed by atoms with E-state index in [4.69, 9.17) is 9.47 Å². The van der Waals surface area contributed by atoms with Crippen molar-refractivity contribution >= 4 is 6.09 Å². The monoisotopic (exact) mass is 339 g/mol. The van der Waals surface area contributed by atoms with Gasteiger partial charge in [-0.25, -0.2) is 4.79 Å². The van der Waals surface area contributed by atoms with E-state index >= 15 is 0 Å². The second kappa shape index (κ2) is 10.3. The number of aliphatic hydroxyl groups is 1. The van der Waals surface area contributed by atoms with Crippen LogP contribution in [-0.2, 0) is 9.47 Å². The minimum absolute atomic E-state index is 0. The molecule has 0 saturated carbocycles. The van der Waals surface area contributed by atoms with Gasteiger partial charge in [0, 0.05) is 6.42 Å². The zero-order chi connectivity index (χ0) is 17.5. The van der Waals surface area contributed by atoms with Crippen molar-refractivity contribution in [2.24, 2.45) is 0 Å². The maximum absolute atomic E-state index is 12.1. The topological polar surface area (TPSA) is 67.8 Å².